The van der Waals surface area contributed by atoms with Crippen LogP contribution in [-0.4, -0.2) is 18.1 Å². The summed E-state index contributed by atoms with van der Waals surface area (Å²) in [7, 11) is 0. The van der Waals surface area contributed by atoms with Gasteiger partial charge in [0.1, 0.15) is 17.1 Å². The molecule has 92 valence electrons. The fourth-order valence-electron chi connectivity index (χ4n) is 1.57. The van der Waals surface area contributed by atoms with Crippen molar-refractivity contribution in [2.45, 2.75) is 38.9 Å². The molecule has 0 aliphatic heterocycles. The van der Waals surface area contributed by atoms with Crippen molar-refractivity contribution in [1.82, 2.24) is 0 Å². The maximum absolute atomic E-state index is 11.5. The molecule has 0 bridgehead atoms. The van der Waals surface area contributed by atoms with E-state index in [4.69, 9.17) is 15.2 Å². The van der Waals surface area contributed by atoms with Gasteiger partial charge in [0, 0.05) is 0 Å². The Kier molecular flexibility index (Phi) is 3.22. The van der Waals surface area contributed by atoms with E-state index in [0.29, 0.717) is 17.1 Å². The highest BCUT2D eigenvalue weighted by Gasteiger charge is 2.26. The van der Waals surface area contributed by atoms with Gasteiger partial charge in [-0.3, -0.25) is 4.79 Å². The molecule has 17 heavy (non-hydrogen) atoms. The summed E-state index contributed by atoms with van der Waals surface area (Å²) in [4.78, 5) is 11.5. The normalized spacial score (nSPS) is 14.8. The first kappa shape index (κ1) is 11.8. The average molecular weight is 235 g/mol. The van der Waals surface area contributed by atoms with Gasteiger partial charge in [-0.25, -0.2) is 0 Å². The van der Waals surface area contributed by atoms with Crippen molar-refractivity contribution in [3.63, 3.8) is 0 Å². The van der Waals surface area contributed by atoms with Crippen LogP contribution in [0.3, 0.4) is 0 Å². The number of benzene rings is 1. The molecule has 1 aliphatic rings. The fourth-order valence-corrected chi connectivity index (χ4v) is 1.57. The van der Waals surface area contributed by atoms with Gasteiger partial charge in [-0.2, -0.15) is 0 Å². The van der Waals surface area contributed by atoms with Crippen molar-refractivity contribution in [1.29, 1.82) is 0 Å². The zero-order valence-corrected chi connectivity index (χ0v) is 10.1. The minimum atomic E-state index is -0.517. The second kappa shape index (κ2) is 4.65. The van der Waals surface area contributed by atoms with Gasteiger partial charge in [-0.1, -0.05) is 6.07 Å². The number of nitrogens with two attached hydrogens (primary N) is 1. The number of primary amides is 1. The van der Waals surface area contributed by atoms with E-state index in [1.165, 1.54) is 0 Å². The molecule has 2 N–H and O–H groups in total. The molecular formula is C13H17NO3. The lowest BCUT2D eigenvalue weighted by molar-refractivity contribution is 0.0989. The molecule has 0 saturated heterocycles. The Morgan fingerprint density at radius 3 is 2.53 bits per heavy atom. The number of hydrogen-bond acceptors (Lipinski definition) is 3. The lowest BCUT2D eigenvalue weighted by atomic mass is 10.1. The molecular weight excluding hydrogens is 218 g/mol. The third-order valence-electron chi connectivity index (χ3n) is 2.42. The van der Waals surface area contributed by atoms with E-state index in [1.807, 2.05) is 19.9 Å². The third-order valence-corrected chi connectivity index (χ3v) is 2.42. The predicted molar refractivity (Wildman–Crippen MR) is 64.4 cm³/mol. The molecule has 1 aromatic rings. The zero-order valence-electron chi connectivity index (χ0n) is 10.1. The molecule has 1 fully saturated rings. The fraction of sp³-hybridized carbons (Fsp3) is 0.462. The highest BCUT2D eigenvalue weighted by molar-refractivity contribution is 5.98. The first-order valence-electron chi connectivity index (χ1n) is 5.84. The topological polar surface area (TPSA) is 61.6 Å². The highest BCUT2D eigenvalue weighted by Crippen LogP contribution is 2.33. The first-order valence-corrected chi connectivity index (χ1v) is 5.84. The minimum Gasteiger partial charge on any atom is -0.490 e. The highest BCUT2D eigenvalue weighted by atomic mass is 16.5. The van der Waals surface area contributed by atoms with Gasteiger partial charge in [0.15, 0.2) is 0 Å². The molecule has 0 aromatic heterocycles. The van der Waals surface area contributed by atoms with E-state index in [0.717, 1.165) is 12.8 Å². The summed E-state index contributed by atoms with van der Waals surface area (Å²) >= 11 is 0. The molecule has 1 saturated carbocycles. The molecule has 0 radical (unpaired) electrons. The van der Waals surface area contributed by atoms with Crippen molar-refractivity contribution in [3.8, 4) is 11.5 Å². The summed E-state index contributed by atoms with van der Waals surface area (Å²) in [5, 5.41) is 0. The van der Waals surface area contributed by atoms with Gasteiger partial charge < -0.3 is 15.2 Å². The van der Waals surface area contributed by atoms with Crippen LogP contribution in [0.4, 0.5) is 0 Å². The van der Waals surface area contributed by atoms with Crippen LogP contribution in [-0.2, 0) is 0 Å². The predicted octanol–water partition coefficient (Wildman–Crippen LogP) is 2.11. The van der Waals surface area contributed by atoms with Gasteiger partial charge in [0.25, 0.3) is 5.91 Å². The Hall–Kier alpha value is -1.71. The summed E-state index contributed by atoms with van der Waals surface area (Å²) in [6.45, 7) is 3.80. The Morgan fingerprint density at radius 2 is 2.00 bits per heavy atom. The lowest BCUT2D eigenvalue weighted by Crippen LogP contribution is -2.17. The van der Waals surface area contributed by atoms with E-state index >= 15 is 0 Å². The smallest absolute Gasteiger partial charge is 0.256 e. The van der Waals surface area contributed by atoms with Crippen LogP contribution in [0.15, 0.2) is 18.2 Å². The van der Waals surface area contributed by atoms with Gasteiger partial charge in [-0.15, -0.1) is 0 Å². The van der Waals surface area contributed by atoms with Gasteiger partial charge in [0.2, 0.25) is 0 Å². The summed E-state index contributed by atoms with van der Waals surface area (Å²) in [6.07, 6.45) is 2.28. The molecule has 2 rings (SSSR count). The molecule has 0 unspecified atom stereocenters. The summed E-state index contributed by atoms with van der Waals surface area (Å²) < 4.78 is 11.2. The van der Waals surface area contributed by atoms with Crippen molar-refractivity contribution in [2.24, 2.45) is 5.73 Å². The number of amides is 1. The van der Waals surface area contributed by atoms with Crippen molar-refractivity contribution in [3.05, 3.63) is 23.8 Å². The van der Waals surface area contributed by atoms with E-state index in [-0.39, 0.29) is 12.2 Å². The van der Waals surface area contributed by atoms with Crippen molar-refractivity contribution >= 4 is 5.91 Å². The van der Waals surface area contributed by atoms with Crippen LogP contribution < -0.4 is 15.2 Å². The van der Waals surface area contributed by atoms with E-state index in [2.05, 4.69) is 0 Å². The summed E-state index contributed by atoms with van der Waals surface area (Å²) in [5.41, 5.74) is 5.73. The molecule has 0 atom stereocenters. The van der Waals surface area contributed by atoms with Crippen LogP contribution in [0, 0.1) is 0 Å². The zero-order chi connectivity index (χ0) is 12.4. The molecule has 0 heterocycles. The van der Waals surface area contributed by atoms with Gasteiger partial charge >= 0.3 is 0 Å². The maximum Gasteiger partial charge on any atom is 0.256 e. The Bertz CT molecular complexity index is 402. The molecule has 4 heteroatoms. The second-order valence-electron chi connectivity index (χ2n) is 4.48. The number of carbonyl (C=O) groups is 1. The molecule has 1 aromatic carbocycles. The monoisotopic (exact) mass is 235 g/mol. The average Bonchev–Trinajstić information content (AvgIpc) is 3.00. The van der Waals surface area contributed by atoms with E-state index in [9.17, 15) is 4.79 Å². The number of carbonyl (C=O) groups excluding carboxylic acids is 1. The minimum absolute atomic E-state index is 0.00993. The second-order valence-corrected chi connectivity index (χ2v) is 4.48. The van der Waals surface area contributed by atoms with Crippen LogP contribution in [0.1, 0.15) is 37.0 Å². The number of ether oxygens (including phenoxy) is 2. The quantitative estimate of drug-likeness (QED) is 0.850. The number of hydrogen-bond donors (Lipinski definition) is 1. The standard InChI is InChI=1S/C13H17NO3/c1-8(2)16-10-4-3-5-11(12(10)13(14)15)17-9-6-7-9/h3-5,8-9H,6-7H2,1-2H3,(H2,14,15). The third kappa shape index (κ3) is 2.90. The SMILES string of the molecule is CC(C)Oc1cccc(OC2CC2)c1C(N)=O. The van der Waals surface area contributed by atoms with E-state index < -0.39 is 5.91 Å². The van der Waals surface area contributed by atoms with Crippen molar-refractivity contribution < 1.29 is 14.3 Å². The summed E-state index contributed by atoms with van der Waals surface area (Å²) in [5.74, 6) is 0.501. The Balaban J connectivity index is 2.32. The first-order chi connectivity index (χ1) is 8.08. The maximum atomic E-state index is 11.5. The molecule has 0 spiro atoms. The largest absolute Gasteiger partial charge is 0.490 e. The molecule has 1 amide bonds. The molecule has 4 nitrogen and oxygen atoms in total. The van der Waals surface area contributed by atoms with Crippen LogP contribution in [0.25, 0.3) is 0 Å². The Labute approximate surface area is 101 Å². The van der Waals surface area contributed by atoms with Crippen LogP contribution >= 0.6 is 0 Å². The van der Waals surface area contributed by atoms with Crippen molar-refractivity contribution in [2.75, 3.05) is 0 Å². The molecule has 1 aliphatic carbocycles. The van der Waals surface area contributed by atoms with Gasteiger partial charge in [-0.05, 0) is 38.8 Å². The van der Waals surface area contributed by atoms with Crippen LogP contribution in [0.5, 0.6) is 11.5 Å². The summed E-state index contributed by atoms with van der Waals surface area (Å²) in [6, 6.07) is 5.30. The number of rotatable bonds is 5. The van der Waals surface area contributed by atoms with Gasteiger partial charge in [0.05, 0.1) is 12.2 Å². The van der Waals surface area contributed by atoms with Crippen LogP contribution in [0.2, 0.25) is 0 Å². The Morgan fingerprint density at radius 1 is 1.35 bits per heavy atom. The lowest BCUT2D eigenvalue weighted by Gasteiger charge is -2.15. The van der Waals surface area contributed by atoms with E-state index in [1.54, 1.807) is 12.1 Å².